The molecule has 0 bridgehead atoms. The molecule has 0 aliphatic heterocycles. The molecule has 1 heterocycles. The second-order valence-electron chi connectivity index (χ2n) is 2.82. The van der Waals surface area contributed by atoms with Crippen molar-refractivity contribution in [2.75, 3.05) is 6.54 Å². The highest BCUT2D eigenvalue weighted by atomic mass is 16.4. The fraction of sp³-hybridized carbons (Fsp3) is 0.571. The summed E-state index contributed by atoms with van der Waals surface area (Å²) in [6.45, 7) is 0.586. The van der Waals surface area contributed by atoms with Gasteiger partial charge in [0, 0.05) is 18.9 Å². The lowest BCUT2D eigenvalue weighted by Crippen LogP contribution is -2.11. The summed E-state index contributed by atoms with van der Waals surface area (Å²) in [6, 6.07) is 0. The van der Waals surface area contributed by atoms with Gasteiger partial charge in [0.25, 0.3) is 0 Å². The van der Waals surface area contributed by atoms with E-state index in [9.17, 15) is 4.79 Å². The van der Waals surface area contributed by atoms with E-state index in [1.807, 2.05) is 0 Å². The first kappa shape index (κ1) is 6.67. The van der Waals surface area contributed by atoms with Gasteiger partial charge in [0.1, 0.15) is 5.76 Å². The zero-order valence-corrected chi connectivity index (χ0v) is 6.09. The van der Waals surface area contributed by atoms with Gasteiger partial charge in [0.2, 0.25) is 0 Å². The Labute approximate surface area is 63.4 Å². The summed E-state index contributed by atoms with van der Waals surface area (Å²) in [5.41, 5.74) is 6.41. The molecule has 1 unspecified atom stereocenters. The van der Waals surface area contributed by atoms with Crippen LogP contribution in [-0.2, 0) is 6.42 Å². The average Bonchev–Trinajstić information content (AvgIpc) is 2.45. The van der Waals surface area contributed by atoms with E-state index in [1.54, 1.807) is 0 Å². The molecule has 60 valence electrons. The third kappa shape index (κ3) is 0.903. The fourth-order valence-electron chi connectivity index (χ4n) is 1.57. The number of aromatic amines is 1. The van der Waals surface area contributed by atoms with Gasteiger partial charge in [-0.15, -0.1) is 0 Å². The molecular weight excluding hydrogens is 144 g/mol. The van der Waals surface area contributed by atoms with Crippen LogP contribution in [0.15, 0.2) is 9.21 Å². The van der Waals surface area contributed by atoms with Crippen molar-refractivity contribution in [2.45, 2.75) is 18.8 Å². The molecule has 0 saturated carbocycles. The molecule has 0 spiro atoms. The zero-order valence-electron chi connectivity index (χ0n) is 6.09. The van der Waals surface area contributed by atoms with Crippen molar-refractivity contribution in [1.29, 1.82) is 0 Å². The Balaban J connectivity index is 2.45. The van der Waals surface area contributed by atoms with Crippen LogP contribution >= 0.6 is 0 Å². The number of fused-ring (bicyclic) bond motifs is 1. The molecule has 4 nitrogen and oxygen atoms in total. The maximum atomic E-state index is 10.7. The Morgan fingerprint density at radius 2 is 2.55 bits per heavy atom. The minimum atomic E-state index is -0.354. The van der Waals surface area contributed by atoms with Crippen molar-refractivity contribution in [3.63, 3.8) is 0 Å². The molecule has 2 rings (SSSR count). The molecule has 0 radical (unpaired) electrons. The normalized spacial score (nSPS) is 22.1. The Morgan fingerprint density at radius 1 is 1.73 bits per heavy atom. The zero-order chi connectivity index (χ0) is 7.84. The average molecular weight is 154 g/mol. The molecule has 0 saturated heterocycles. The number of rotatable bonds is 1. The van der Waals surface area contributed by atoms with Gasteiger partial charge in [-0.2, -0.15) is 0 Å². The SMILES string of the molecule is NCC1CCc2oc(=O)[nH]c21. The number of oxazole rings is 1. The highest BCUT2D eigenvalue weighted by molar-refractivity contribution is 5.19. The van der Waals surface area contributed by atoms with Crippen LogP contribution in [0.5, 0.6) is 0 Å². The summed E-state index contributed by atoms with van der Waals surface area (Å²) in [5, 5.41) is 0. The fourth-order valence-corrected chi connectivity index (χ4v) is 1.57. The van der Waals surface area contributed by atoms with E-state index in [2.05, 4.69) is 4.98 Å². The predicted octanol–water partition coefficient (Wildman–Crippen LogP) is -0.0436. The summed E-state index contributed by atoms with van der Waals surface area (Å²) >= 11 is 0. The van der Waals surface area contributed by atoms with Gasteiger partial charge in [0.15, 0.2) is 0 Å². The lowest BCUT2D eigenvalue weighted by molar-refractivity contribution is 0.469. The molecule has 1 atom stereocenters. The van der Waals surface area contributed by atoms with Gasteiger partial charge in [-0.25, -0.2) is 4.79 Å². The van der Waals surface area contributed by atoms with E-state index in [-0.39, 0.29) is 5.76 Å². The molecule has 0 aromatic carbocycles. The Hall–Kier alpha value is -1.03. The minimum Gasteiger partial charge on any atom is -0.413 e. The van der Waals surface area contributed by atoms with Gasteiger partial charge in [0.05, 0.1) is 5.69 Å². The molecular formula is C7H10N2O2. The third-order valence-electron chi connectivity index (χ3n) is 2.17. The Kier molecular flexibility index (Phi) is 1.35. The minimum absolute atomic E-state index is 0.302. The van der Waals surface area contributed by atoms with E-state index in [4.69, 9.17) is 10.2 Å². The highest BCUT2D eigenvalue weighted by Crippen LogP contribution is 2.29. The largest absolute Gasteiger partial charge is 0.416 e. The second kappa shape index (κ2) is 2.23. The number of hydrogen-bond acceptors (Lipinski definition) is 3. The van der Waals surface area contributed by atoms with E-state index in [0.29, 0.717) is 12.5 Å². The lowest BCUT2D eigenvalue weighted by atomic mass is 10.1. The van der Waals surface area contributed by atoms with Crippen LogP contribution in [0.3, 0.4) is 0 Å². The quantitative estimate of drug-likeness (QED) is 0.596. The number of aryl methyl sites for hydroxylation is 1. The molecule has 1 aromatic rings. The molecule has 3 N–H and O–H groups in total. The molecule has 11 heavy (non-hydrogen) atoms. The van der Waals surface area contributed by atoms with Crippen molar-refractivity contribution in [1.82, 2.24) is 4.98 Å². The molecule has 0 fully saturated rings. The monoisotopic (exact) mass is 154 g/mol. The summed E-state index contributed by atoms with van der Waals surface area (Å²) in [6.07, 6.45) is 1.84. The van der Waals surface area contributed by atoms with Gasteiger partial charge < -0.3 is 10.2 Å². The molecule has 0 amide bonds. The highest BCUT2D eigenvalue weighted by Gasteiger charge is 2.25. The number of H-pyrrole nitrogens is 1. The molecule has 1 aliphatic rings. The van der Waals surface area contributed by atoms with Gasteiger partial charge in [-0.1, -0.05) is 0 Å². The number of hydrogen-bond donors (Lipinski definition) is 2. The van der Waals surface area contributed by atoms with Gasteiger partial charge in [-0.05, 0) is 6.42 Å². The van der Waals surface area contributed by atoms with E-state index < -0.39 is 0 Å². The predicted molar refractivity (Wildman–Crippen MR) is 39.4 cm³/mol. The van der Waals surface area contributed by atoms with Crippen LogP contribution in [0.25, 0.3) is 0 Å². The van der Waals surface area contributed by atoms with Crippen LogP contribution in [-0.4, -0.2) is 11.5 Å². The van der Waals surface area contributed by atoms with Crippen LogP contribution in [0.2, 0.25) is 0 Å². The Morgan fingerprint density at radius 3 is 3.27 bits per heavy atom. The van der Waals surface area contributed by atoms with E-state index >= 15 is 0 Å². The van der Waals surface area contributed by atoms with Crippen LogP contribution in [0.4, 0.5) is 0 Å². The topological polar surface area (TPSA) is 72.0 Å². The first-order chi connectivity index (χ1) is 5.31. The van der Waals surface area contributed by atoms with E-state index in [1.165, 1.54) is 0 Å². The Bertz CT molecular complexity index is 312. The van der Waals surface area contributed by atoms with Crippen molar-refractivity contribution in [3.8, 4) is 0 Å². The number of nitrogens with one attached hydrogen (secondary N) is 1. The molecule has 1 aromatic heterocycles. The lowest BCUT2D eigenvalue weighted by Gasteiger charge is -2.01. The van der Waals surface area contributed by atoms with Gasteiger partial charge >= 0.3 is 5.76 Å². The first-order valence-corrected chi connectivity index (χ1v) is 3.73. The summed E-state index contributed by atoms with van der Waals surface area (Å²) in [5.74, 6) is 0.745. The smallest absolute Gasteiger partial charge is 0.413 e. The summed E-state index contributed by atoms with van der Waals surface area (Å²) in [7, 11) is 0. The molecule has 1 aliphatic carbocycles. The van der Waals surface area contributed by atoms with Crippen LogP contribution in [0, 0.1) is 0 Å². The number of aromatic nitrogens is 1. The second-order valence-corrected chi connectivity index (χ2v) is 2.82. The number of nitrogens with two attached hydrogens (primary N) is 1. The maximum absolute atomic E-state index is 10.7. The van der Waals surface area contributed by atoms with Crippen LogP contribution in [0.1, 0.15) is 23.8 Å². The summed E-state index contributed by atoms with van der Waals surface area (Å²) in [4.78, 5) is 13.4. The van der Waals surface area contributed by atoms with E-state index in [0.717, 1.165) is 24.3 Å². The van der Waals surface area contributed by atoms with Crippen molar-refractivity contribution in [3.05, 3.63) is 22.0 Å². The third-order valence-corrected chi connectivity index (χ3v) is 2.17. The summed E-state index contributed by atoms with van der Waals surface area (Å²) < 4.78 is 4.89. The maximum Gasteiger partial charge on any atom is 0.416 e. The van der Waals surface area contributed by atoms with Crippen molar-refractivity contribution >= 4 is 0 Å². The standard InChI is InChI=1S/C7H10N2O2/c8-3-4-1-2-5-6(4)9-7(10)11-5/h4H,1-3,8H2,(H,9,10). The van der Waals surface area contributed by atoms with Crippen LogP contribution < -0.4 is 11.5 Å². The first-order valence-electron chi connectivity index (χ1n) is 3.73. The van der Waals surface area contributed by atoms with Crippen molar-refractivity contribution < 1.29 is 4.42 Å². The van der Waals surface area contributed by atoms with Crippen molar-refractivity contribution in [2.24, 2.45) is 5.73 Å². The molecule has 4 heteroatoms. The van der Waals surface area contributed by atoms with Gasteiger partial charge in [-0.3, -0.25) is 4.98 Å².